The van der Waals surface area contributed by atoms with Gasteiger partial charge in [-0.3, -0.25) is 4.79 Å². The Labute approximate surface area is 175 Å². The van der Waals surface area contributed by atoms with Crippen LogP contribution in [0.2, 0.25) is 5.02 Å². The molecule has 150 valence electrons. The van der Waals surface area contributed by atoms with Gasteiger partial charge in [-0.15, -0.1) is 0 Å². The van der Waals surface area contributed by atoms with Gasteiger partial charge in [0.15, 0.2) is 0 Å². The number of nitrogens with one attached hydrogen (secondary N) is 1. The molecular formula is C23H25ClN4O. The summed E-state index contributed by atoms with van der Waals surface area (Å²) in [7, 11) is 0. The predicted octanol–water partition coefficient (Wildman–Crippen LogP) is 4.72. The Balaban J connectivity index is 1.41. The minimum absolute atomic E-state index is 0.0900. The Kier molecular flexibility index (Phi) is 4.92. The smallest absolute Gasteiger partial charge is 0.227 e. The van der Waals surface area contributed by atoms with Crippen molar-refractivity contribution in [2.75, 3.05) is 31.1 Å². The van der Waals surface area contributed by atoms with Gasteiger partial charge in [-0.05, 0) is 56.0 Å². The predicted molar refractivity (Wildman–Crippen MR) is 117 cm³/mol. The van der Waals surface area contributed by atoms with E-state index < -0.39 is 0 Å². The molecule has 2 aromatic carbocycles. The van der Waals surface area contributed by atoms with Gasteiger partial charge in [-0.1, -0.05) is 23.7 Å². The highest BCUT2D eigenvalue weighted by molar-refractivity contribution is 6.33. The molecule has 2 aliphatic rings. The maximum atomic E-state index is 12.9. The van der Waals surface area contributed by atoms with E-state index in [4.69, 9.17) is 16.6 Å². The maximum Gasteiger partial charge on any atom is 0.227 e. The lowest BCUT2D eigenvalue weighted by Crippen LogP contribution is -2.44. The molecule has 5 rings (SSSR count). The Morgan fingerprint density at radius 2 is 1.90 bits per heavy atom. The molecule has 29 heavy (non-hydrogen) atoms. The summed E-state index contributed by atoms with van der Waals surface area (Å²) in [6.07, 6.45) is 4.29. The van der Waals surface area contributed by atoms with Crippen molar-refractivity contribution < 1.29 is 4.79 Å². The van der Waals surface area contributed by atoms with Crippen LogP contribution in [0.3, 0.4) is 0 Å². The number of imidazole rings is 1. The summed E-state index contributed by atoms with van der Waals surface area (Å²) in [6.45, 7) is 3.58. The molecule has 0 radical (unpaired) electrons. The molecule has 1 unspecified atom stereocenters. The van der Waals surface area contributed by atoms with Crippen molar-refractivity contribution in [3.05, 3.63) is 47.5 Å². The van der Waals surface area contributed by atoms with Crippen LogP contribution >= 0.6 is 11.6 Å². The van der Waals surface area contributed by atoms with Gasteiger partial charge in [-0.2, -0.15) is 0 Å². The van der Waals surface area contributed by atoms with Crippen molar-refractivity contribution in [3.63, 3.8) is 0 Å². The minimum atomic E-state index is 0.0900. The van der Waals surface area contributed by atoms with Crippen LogP contribution in [-0.2, 0) is 4.79 Å². The van der Waals surface area contributed by atoms with E-state index in [2.05, 4.69) is 26.9 Å². The van der Waals surface area contributed by atoms with E-state index >= 15 is 0 Å². The van der Waals surface area contributed by atoms with Crippen molar-refractivity contribution in [1.82, 2.24) is 14.9 Å². The van der Waals surface area contributed by atoms with Gasteiger partial charge in [0.2, 0.25) is 5.91 Å². The van der Waals surface area contributed by atoms with Gasteiger partial charge in [0.05, 0.1) is 22.0 Å². The number of rotatable bonds is 3. The molecule has 0 bridgehead atoms. The van der Waals surface area contributed by atoms with E-state index in [1.807, 2.05) is 30.3 Å². The lowest BCUT2D eigenvalue weighted by molar-refractivity contribution is -0.134. The number of fused-ring (bicyclic) bond motifs is 1. The third-order valence-corrected chi connectivity index (χ3v) is 6.48. The highest BCUT2D eigenvalue weighted by atomic mass is 35.5. The van der Waals surface area contributed by atoms with Gasteiger partial charge in [0.25, 0.3) is 0 Å². The number of carbonyl (C=O) groups excluding carboxylic acids is 1. The summed E-state index contributed by atoms with van der Waals surface area (Å²) in [5.74, 6) is 1.20. The first kappa shape index (κ1) is 18.5. The third-order valence-electron chi connectivity index (χ3n) is 6.15. The van der Waals surface area contributed by atoms with E-state index in [9.17, 15) is 4.79 Å². The van der Waals surface area contributed by atoms with Crippen molar-refractivity contribution >= 4 is 34.2 Å². The standard InChI is InChI=1S/C23H25ClN4O/c24-19-10-9-17(14-18(19)22-25-20-7-1-2-8-21(20)26-22)28-13-5-6-16(15-28)23(29)27-11-3-4-12-27/h1-2,7-10,14,16H,3-6,11-13,15H2,(H,25,26). The second-order valence-electron chi connectivity index (χ2n) is 8.08. The average Bonchev–Trinajstić information content (AvgIpc) is 3.43. The summed E-state index contributed by atoms with van der Waals surface area (Å²) in [5.41, 5.74) is 3.92. The van der Waals surface area contributed by atoms with Crippen molar-refractivity contribution in [3.8, 4) is 11.4 Å². The Morgan fingerprint density at radius 3 is 2.72 bits per heavy atom. The van der Waals surface area contributed by atoms with Gasteiger partial charge in [-0.25, -0.2) is 4.98 Å². The molecule has 6 heteroatoms. The number of H-pyrrole nitrogens is 1. The lowest BCUT2D eigenvalue weighted by atomic mass is 9.96. The molecule has 0 spiro atoms. The van der Waals surface area contributed by atoms with E-state index in [1.165, 1.54) is 0 Å². The fourth-order valence-corrected chi connectivity index (χ4v) is 4.79. The number of likely N-dealkylation sites (tertiary alicyclic amines) is 1. The Bertz CT molecular complexity index is 1010. The zero-order chi connectivity index (χ0) is 19.8. The Hall–Kier alpha value is -2.53. The topological polar surface area (TPSA) is 52.2 Å². The number of carbonyl (C=O) groups is 1. The first-order valence-corrected chi connectivity index (χ1v) is 10.9. The number of halogens is 1. The normalized spacial score (nSPS) is 19.8. The molecular weight excluding hydrogens is 384 g/mol. The highest BCUT2D eigenvalue weighted by Gasteiger charge is 2.30. The number of aromatic amines is 1. The molecule has 2 fully saturated rings. The Morgan fingerprint density at radius 1 is 1.07 bits per heavy atom. The molecule has 0 aliphatic carbocycles. The number of piperidine rings is 1. The first-order valence-electron chi connectivity index (χ1n) is 10.5. The summed E-state index contributed by atoms with van der Waals surface area (Å²) in [6, 6.07) is 14.1. The van der Waals surface area contributed by atoms with Crippen LogP contribution in [0.4, 0.5) is 5.69 Å². The molecule has 1 N–H and O–H groups in total. The second kappa shape index (κ2) is 7.71. The van der Waals surface area contributed by atoms with Gasteiger partial charge in [0.1, 0.15) is 5.82 Å². The van der Waals surface area contributed by atoms with Gasteiger partial charge in [0, 0.05) is 37.4 Å². The molecule has 1 aromatic heterocycles. The fraction of sp³-hybridized carbons (Fsp3) is 0.391. The number of benzene rings is 2. The van der Waals surface area contributed by atoms with Crippen molar-refractivity contribution in [2.24, 2.45) is 5.92 Å². The quantitative estimate of drug-likeness (QED) is 0.682. The molecule has 1 atom stereocenters. The zero-order valence-corrected chi connectivity index (χ0v) is 17.2. The number of aromatic nitrogens is 2. The number of amides is 1. The van der Waals surface area contributed by atoms with Gasteiger partial charge >= 0.3 is 0 Å². The van der Waals surface area contributed by atoms with Crippen LogP contribution in [0, 0.1) is 5.92 Å². The number of hydrogen-bond donors (Lipinski definition) is 1. The highest BCUT2D eigenvalue weighted by Crippen LogP contribution is 2.33. The number of anilines is 1. The van der Waals surface area contributed by atoms with E-state index in [0.29, 0.717) is 10.9 Å². The molecule has 2 aliphatic heterocycles. The summed E-state index contributed by atoms with van der Waals surface area (Å²) in [5, 5.41) is 0.675. The van der Waals surface area contributed by atoms with E-state index in [0.717, 1.165) is 80.0 Å². The van der Waals surface area contributed by atoms with Crippen LogP contribution in [0.1, 0.15) is 25.7 Å². The van der Waals surface area contributed by atoms with Crippen LogP contribution in [0.5, 0.6) is 0 Å². The largest absolute Gasteiger partial charge is 0.371 e. The van der Waals surface area contributed by atoms with Crippen LogP contribution < -0.4 is 4.90 Å². The summed E-state index contributed by atoms with van der Waals surface area (Å²) >= 11 is 6.52. The number of nitrogens with zero attached hydrogens (tertiary/aromatic N) is 3. The van der Waals surface area contributed by atoms with Crippen LogP contribution in [-0.4, -0.2) is 47.0 Å². The lowest BCUT2D eigenvalue weighted by Gasteiger charge is -2.35. The molecule has 1 amide bonds. The SMILES string of the molecule is O=C(C1CCCN(c2ccc(Cl)c(-c3nc4ccccc4[nH]3)c2)C1)N1CCCC1. The molecule has 0 saturated carbocycles. The molecule has 2 saturated heterocycles. The van der Waals surface area contributed by atoms with Crippen molar-refractivity contribution in [1.29, 1.82) is 0 Å². The number of hydrogen-bond acceptors (Lipinski definition) is 3. The third kappa shape index (κ3) is 3.60. The average molecular weight is 409 g/mol. The molecule has 3 aromatic rings. The maximum absolute atomic E-state index is 12.9. The minimum Gasteiger partial charge on any atom is -0.371 e. The monoisotopic (exact) mass is 408 g/mol. The van der Waals surface area contributed by atoms with Crippen LogP contribution in [0.25, 0.3) is 22.4 Å². The number of para-hydroxylation sites is 2. The fourth-order valence-electron chi connectivity index (χ4n) is 4.58. The summed E-state index contributed by atoms with van der Waals surface area (Å²) in [4.78, 5) is 25.3. The molecule has 3 heterocycles. The van der Waals surface area contributed by atoms with Crippen molar-refractivity contribution in [2.45, 2.75) is 25.7 Å². The zero-order valence-electron chi connectivity index (χ0n) is 16.4. The van der Waals surface area contributed by atoms with E-state index in [-0.39, 0.29) is 5.92 Å². The second-order valence-corrected chi connectivity index (χ2v) is 8.49. The van der Waals surface area contributed by atoms with Crippen LogP contribution in [0.15, 0.2) is 42.5 Å². The van der Waals surface area contributed by atoms with Gasteiger partial charge < -0.3 is 14.8 Å². The first-order chi connectivity index (χ1) is 14.2. The molecule has 5 nitrogen and oxygen atoms in total. The van der Waals surface area contributed by atoms with E-state index in [1.54, 1.807) is 0 Å². The summed E-state index contributed by atoms with van der Waals surface area (Å²) < 4.78 is 0.